The van der Waals surface area contributed by atoms with Gasteiger partial charge in [-0.05, 0) is 43.9 Å². The van der Waals surface area contributed by atoms with Crippen LogP contribution < -0.4 is 5.32 Å². The van der Waals surface area contributed by atoms with Crippen LogP contribution in [0.5, 0.6) is 0 Å². The minimum absolute atomic E-state index is 0.439. The van der Waals surface area contributed by atoms with Gasteiger partial charge in [-0.2, -0.15) is 4.98 Å². The molecule has 4 nitrogen and oxygen atoms in total. The largest absolute Gasteiger partial charge is 0.351 e. The molecule has 18 heavy (non-hydrogen) atoms. The third kappa shape index (κ3) is 3.40. The molecule has 1 saturated carbocycles. The van der Waals surface area contributed by atoms with Gasteiger partial charge in [0.15, 0.2) is 0 Å². The number of nitrogens with one attached hydrogen (secondary N) is 1. The fraction of sp³-hybridized carbons (Fsp3) is 0.786. The van der Waals surface area contributed by atoms with Gasteiger partial charge in [-0.15, -0.1) is 0 Å². The predicted octanol–water partition coefficient (Wildman–Crippen LogP) is 3.20. The molecule has 1 N–H and O–H groups in total. The summed E-state index contributed by atoms with van der Waals surface area (Å²) in [5.74, 6) is 2.34. The molecular weight excluding hydrogens is 224 g/mol. The van der Waals surface area contributed by atoms with Crippen molar-refractivity contribution in [3.63, 3.8) is 0 Å². The summed E-state index contributed by atoms with van der Waals surface area (Å²) < 4.78 is 0. The van der Waals surface area contributed by atoms with Crippen LogP contribution in [0.25, 0.3) is 0 Å². The summed E-state index contributed by atoms with van der Waals surface area (Å²) in [6.45, 7) is 8.94. The lowest BCUT2D eigenvalue weighted by Crippen LogP contribution is -2.32. The van der Waals surface area contributed by atoms with Crippen LogP contribution in [-0.2, 0) is 0 Å². The summed E-state index contributed by atoms with van der Waals surface area (Å²) >= 11 is 0. The molecular formula is C14H24N4. The molecule has 0 bridgehead atoms. The van der Waals surface area contributed by atoms with Crippen molar-refractivity contribution in [3.05, 3.63) is 12.2 Å². The average molecular weight is 248 g/mol. The Kier molecular flexibility index (Phi) is 3.83. The van der Waals surface area contributed by atoms with Crippen LogP contribution in [0, 0.1) is 18.3 Å². The van der Waals surface area contributed by atoms with Crippen molar-refractivity contribution in [1.82, 2.24) is 15.0 Å². The van der Waals surface area contributed by atoms with Gasteiger partial charge >= 0.3 is 0 Å². The summed E-state index contributed by atoms with van der Waals surface area (Å²) in [7, 11) is 0. The highest BCUT2D eigenvalue weighted by atomic mass is 15.2. The predicted molar refractivity (Wildman–Crippen MR) is 73.4 cm³/mol. The number of hydrogen-bond acceptors (Lipinski definition) is 4. The summed E-state index contributed by atoms with van der Waals surface area (Å²) in [4.78, 5) is 12.5. The molecule has 0 aromatic carbocycles. The highest BCUT2D eigenvalue weighted by molar-refractivity contribution is 5.24. The van der Waals surface area contributed by atoms with Crippen molar-refractivity contribution in [2.45, 2.75) is 59.4 Å². The zero-order valence-electron chi connectivity index (χ0n) is 11.9. The van der Waals surface area contributed by atoms with Crippen LogP contribution >= 0.6 is 0 Å². The first-order valence-corrected chi connectivity index (χ1v) is 6.87. The first kappa shape index (κ1) is 13.2. The number of aromatic nitrogens is 3. The molecule has 1 aliphatic carbocycles. The van der Waals surface area contributed by atoms with Crippen molar-refractivity contribution < 1.29 is 0 Å². The lowest BCUT2D eigenvalue weighted by Gasteiger charge is -2.37. The van der Waals surface area contributed by atoms with Crippen molar-refractivity contribution in [1.29, 1.82) is 0 Å². The van der Waals surface area contributed by atoms with E-state index in [-0.39, 0.29) is 0 Å². The summed E-state index contributed by atoms with van der Waals surface area (Å²) in [6, 6.07) is 0.519. The molecule has 1 aromatic rings. The normalized spacial score (nSPS) is 24.9. The first-order chi connectivity index (χ1) is 8.45. The Morgan fingerprint density at radius 2 is 1.78 bits per heavy atom. The van der Waals surface area contributed by atoms with E-state index >= 15 is 0 Å². The Hall–Kier alpha value is -1.19. The van der Waals surface area contributed by atoms with E-state index in [9.17, 15) is 0 Å². The molecule has 0 atom stereocenters. The fourth-order valence-corrected chi connectivity index (χ4v) is 2.73. The van der Waals surface area contributed by atoms with Gasteiger partial charge in [0, 0.05) is 6.04 Å². The molecule has 1 heterocycles. The fourth-order valence-electron chi connectivity index (χ4n) is 2.73. The highest BCUT2D eigenvalue weighted by Crippen LogP contribution is 2.38. The van der Waals surface area contributed by atoms with E-state index in [1.54, 1.807) is 6.33 Å². The SMILES string of the molecule is Cc1ncnc(N[C@H]2CC[C@@H](C(C)(C)C)CC2)n1. The van der Waals surface area contributed by atoms with Crippen molar-refractivity contribution >= 4 is 5.95 Å². The third-order valence-corrected chi connectivity index (χ3v) is 3.98. The van der Waals surface area contributed by atoms with Gasteiger partial charge in [-0.1, -0.05) is 20.8 Å². The Morgan fingerprint density at radius 1 is 1.11 bits per heavy atom. The minimum Gasteiger partial charge on any atom is -0.351 e. The number of hydrogen-bond donors (Lipinski definition) is 1. The van der Waals surface area contributed by atoms with Gasteiger partial charge in [0.2, 0.25) is 5.95 Å². The van der Waals surface area contributed by atoms with Crippen molar-refractivity contribution in [2.24, 2.45) is 11.3 Å². The second-order valence-electron chi connectivity index (χ2n) is 6.42. The summed E-state index contributed by atoms with van der Waals surface area (Å²) in [5, 5.41) is 3.43. The maximum atomic E-state index is 4.30. The lowest BCUT2D eigenvalue weighted by molar-refractivity contribution is 0.173. The molecule has 100 valence electrons. The average Bonchev–Trinajstić information content (AvgIpc) is 2.28. The molecule has 1 fully saturated rings. The maximum absolute atomic E-state index is 4.30. The Labute approximate surface area is 110 Å². The van der Waals surface area contributed by atoms with Crippen LogP contribution in [0.15, 0.2) is 6.33 Å². The van der Waals surface area contributed by atoms with Crippen LogP contribution in [0.2, 0.25) is 0 Å². The maximum Gasteiger partial charge on any atom is 0.226 e. The number of aryl methyl sites for hydroxylation is 1. The Morgan fingerprint density at radius 3 is 2.33 bits per heavy atom. The third-order valence-electron chi connectivity index (χ3n) is 3.98. The van der Waals surface area contributed by atoms with Gasteiger partial charge in [0.05, 0.1) is 0 Å². The smallest absolute Gasteiger partial charge is 0.226 e. The van der Waals surface area contributed by atoms with Crippen LogP contribution in [0.4, 0.5) is 5.95 Å². The molecule has 0 spiro atoms. The molecule has 0 radical (unpaired) electrons. The zero-order valence-corrected chi connectivity index (χ0v) is 11.9. The van der Waals surface area contributed by atoms with Gasteiger partial charge in [-0.3, -0.25) is 0 Å². The van der Waals surface area contributed by atoms with Crippen molar-refractivity contribution in [2.75, 3.05) is 5.32 Å². The van der Waals surface area contributed by atoms with E-state index in [4.69, 9.17) is 0 Å². The van der Waals surface area contributed by atoms with E-state index < -0.39 is 0 Å². The lowest BCUT2D eigenvalue weighted by atomic mass is 9.71. The molecule has 0 unspecified atom stereocenters. The van der Waals surface area contributed by atoms with Crippen LogP contribution in [-0.4, -0.2) is 21.0 Å². The van der Waals surface area contributed by atoms with Gasteiger partial charge in [0.25, 0.3) is 0 Å². The second kappa shape index (κ2) is 5.21. The summed E-state index contributed by atoms with van der Waals surface area (Å²) in [6.07, 6.45) is 6.60. The van der Waals surface area contributed by atoms with Gasteiger partial charge in [-0.25, -0.2) is 9.97 Å². The van der Waals surface area contributed by atoms with E-state index in [2.05, 4.69) is 41.0 Å². The number of rotatable bonds is 2. The van der Waals surface area contributed by atoms with E-state index in [0.717, 1.165) is 17.7 Å². The molecule has 2 rings (SSSR count). The molecule has 1 aromatic heterocycles. The van der Waals surface area contributed by atoms with Gasteiger partial charge < -0.3 is 5.32 Å². The van der Waals surface area contributed by atoms with E-state index in [1.165, 1.54) is 25.7 Å². The first-order valence-electron chi connectivity index (χ1n) is 6.87. The highest BCUT2D eigenvalue weighted by Gasteiger charge is 2.29. The standard InChI is InChI=1S/C14H24N4/c1-10-15-9-16-13(17-10)18-12-7-5-11(6-8-12)14(2,3)4/h9,11-12H,5-8H2,1-4H3,(H,15,16,17,18)/t11-,12+. The van der Waals surface area contributed by atoms with Crippen LogP contribution in [0.1, 0.15) is 52.3 Å². The summed E-state index contributed by atoms with van der Waals surface area (Å²) in [5.41, 5.74) is 0.439. The van der Waals surface area contributed by atoms with E-state index in [0.29, 0.717) is 11.5 Å². The Bertz CT molecular complexity index is 389. The Balaban J connectivity index is 1.87. The molecule has 0 aliphatic heterocycles. The van der Waals surface area contributed by atoms with Crippen molar-refractivity contribution in [3.8, 4) is 0 Å². The number of nitrogens with zero attached hydrogens (tertiary/aromatic N) is 3. The van der Waals surface area contributed by atoms with Crippen LogP contribution in [0.3, 0.4) is 0 Å². The minimum atomic E-state index is 0.439. The molecule has 4 heteroatoms. The molecule has 0 saturated heterocycles. The van der Waals surface area contributed by atoms with Gasteiger partial charge in [0.1, 0.15) is 12.2 Å². The second-order valence-corrected chi connectivity index (χ2v) is 6.42. The quantitative estimate of drug-likeness (QED) is 0.873. The van der Waals surface area contributed by atoms with E-state index in [1.807, 2.05) is 6.92 Å². The number of anilines is 1. The molecule has 1 aliphatic rings. The zero-order chi connectivity index (χ0) is 13.2. The topological polar surface area (TPSA) is 50.7 Å². The molecule has 0 amide bonds. The monoisotopic (exact) mass is 248 g/mol.